The molecule has 3 rings (SSSR count). The van der Waals surface area contributed by atoms with E-state index in [0.717, 1.165) is 39.3 Å². The summed E-state index contributed by atoms with van der Waals surface area (Å²) in [4.78, 5) is 16.7. The van der Waals surface area contributed by atoms with Crippen LogP contribution in [-0.2, 0) is 4.79 Å². The molecule has 0 saturated carbocycles. The second-order valence-electron chi connectivity index (χ2n) is 6.58. The maximum absolute atomic E-state index is 12.0. The molecule has 1 amide bonds. The number of nitrogens with one attached hydrogen (secondary N) is 1. The molecule has 0 spiro atoms. The van der Waals surface area contributed by atoms with Gasteiger partial charge in [-0.1, -0.05) is 47.6 Å². The lowest BCUT2D eigenvalue weighted by Crippen LogP contribution is -2.46. The highest BCUT2D eigenvalue weighted by Gasteiger charge is 2.16. The van der Waals surface area contributed by atoms with Crippen molar-refractivity contribution in [1.29, 1.82) is 0 Å². The Morgan fingerprint density at radius 2 is 1.92 bits per heavy atom. The van der Waals surface area contributed by atoms with E-state index in [0.29, 0.717) is 18.0 Å². The van der Waals surface area contributed by atoms with Crippen molar-refractivity contribution in [2.45, 2.75) is 13.3 Å². The lowest BCUT2D eigenvalue weighted by molar-refractivity contribution is -0.116. The van der Waals surface area contributed by atoms with Gasteiger partial charge in [-0.15, -0.1) is 0 Å². The number of carbonyl (C=O) groups is 1. The first-order valence-electron chi connectivity index (χ1n) is 9.08. The van der Waals surface area contributed by atoms with Gasteiger partial charge in [0, 0.05) is 51.8 Å². The average molecular weight is 354 g/mol. The Hall–Kier alpha value is -2.44. The lowest BCUT2D eigenvalue weighted by atomic mass is 10.2. The van der Waals surface area contributed by atoms with E-state index in [1.807, 2.05) is 6.07 Å². The van der Waals surface area contributed by atoms with Crippen LogP contribution in [0.4, 0.5) is 5.82 Å². The van der Waals surface area contributed by atoms with E-state index < -0.39 is 0 Å². The van der Waals surface area contributed by atoms with E-state index in [4.69, 9.17) is 4.52 Å². The molecule has 6 heteroatoms. The number of amides is 1. The fraction of sp³-hybridized carbons (Fsp3) is 0.400. The highest BCUT2D eigenvalue weighted by molar-refractivity contribution is 5.89. The SMILES string of the molecule is Cc1cc(NC(=O)CCN2CCN(CC=Cc3ccccc3)CC2)no1. The van der Waals surface area contributed by atoms with Crippen LogP contribution in [-0.4, -0.2) is 60.1 Å². The monoisotopic (exact) mass is 354 g/mol. The first kappa shape index (κ1) is 18.4. The molecule has 138 valence electrons. The van der Waals surface area contributed by atoms with Crippen LogP contribution in [0.15, 0.2) is 47.0 Å². The summed E-state index contributed by atoms with van der Waals surface area (Å²) in [5.41, 5.74) is 1.24. The van der Waals surface area contributed by atoms with Crippen molar-refractivity contribution < 1.29 is 9.32 Å². The van der Waals surface area contributed by atoms with Crippen LogP contribution >= 0.6 is 0 Å². The third kappa shape index (κ3) is 5.82. The third-order valence-corrected chi connectivity index (χ3v) is 4.49. The van der Waals surface area contributed by atoms with Crippen LogP contribution in [0.5, 0.6) is 0 Å². The molecule has 2 aromatic rings. The summed E-state index contributed by atoms with van der Waals surface area (Å²) in [5.74, 6) is 1.16. The minimum Gasteiger partial charge on any atom is -0.360 e. The van der Waals surface area contributed by atoms with E-state index in [-0.39, 0.29) is 5.91 Å². The number of benzene rings is 1. The summed E-state index contributed by atoms with van der Waals surface area (Å²) in [6, 6.07) is 12.1. The Bertz CT molecular complexity index is 718. The molecule has 0 aliphatic carbocycles. The lowest BCUT2D eigenvalue weighted by Gasteiger charge is -2.33. The van der Waals surface area contributed by atoms with Gasteiger partial charge in [0.25, 0.3) is 0 Å². The Labute approximate surface area is 154 Å². The van der Waals surface area contributed by atoms with Gasteiger partial charge in [0.2, 0.25) is 5.91 Å². The molecular formula is C20H26N4O2. The van der Waals surface area contributed by atoms with E-state index in [1.165, 1.54) is 5.56 Å². The van der Waals surface area contributed by atoms with Crippen molar-refractivity contribution in [1.82, 2.24) is 15.0 Å². The quantitative estimate of drug-likeness (QED) is 0.828. The summed E-state index contributed by atoms with van der Waals surface area (Å²) < 4.78 is 4.95. The smallest absolute Gasteiger partial charge is 0.226 e. The van der Waals surface area contributed by atoms with Gasteiger partial charge in [0.05, 0.1) is 0 Å². The minimum atomic E-state index is -0.0217. The Morgan fingerprint density at radius 1 is 1.19 bits per heavy atom. The molecule has 0 bridgehead atoms. The summed E-state index contributed by atoms with van der Waals surface area (Å²) >= 11 is 0. The molecule has 1 aliphatic rings. The van der Waals surface area contributed by atoms with E-state index >= 15 is 0 Å². The van der Waals surface area contributed by atoms with Gasteiger partial charge in [0.15, 0.2) is 5.82 Å². The molecule has 0 atom stereocenters. The Balaban J connectivity index is 1.32. The van der Waals surface area contributed by atoms with Gasteiger partial charge >= 0.3 is 0 Å². The van der Waals surface area contributed by atoms with Crippen LogP contribution in [0.1, 0.15) is 17.7 Å². The standard InChI is InChI=1S/C20H26N4O2/c1-17-16-19(22-26-17)21-20(25)9-11-24-14-12-23(13-15-24)10-5-8-18-6-3-2-4-7-18/h2-8,16H,9-15H2,1H3,(H,21,22,25). The molecular weight excluding hydrogens is 328 g/mol. The van der Waals surface area contributed by atoms with Gasteiger partial charge in [-0.3, -0.25) is 9.69 Å². The molecule has 1 aromatic carbocycles. The van der Waals surface area contributed by atoms with Crippen molar-refractivity contribution >= 4 is 17.8 Å². The molecule has 0 unspecified atom stereocenters. The summed E-state index contributed by atoms with van der Waals surface area (Å²) in [6.45, 7) is 7.60. The fourth-order valence-corrected chi connectivity index (χ4v) is 2.99. The maximum Gasteiger partial charge on any atom is 0.226 e. The predicted molar refractivity (Wildman–Crippen MR) is 103 cm³/mol. The van der Waals surface area contributed by atoms with Crippen molar-refractivity contribution in [2.75, 3.05) is 44.6 Å². The molecule has 26 heavy (non-hydrogen) atoms. The molecule has 1 saturated heterocycles. The van der Waals surface area contributed by atoms with Gasteiger partial charge in [0.1, 0.15) is 5.76 Å². The average Bonchev–Trinajstić information content (AvgIpc) is 3.06. The number of aromatic nitrogens is 1. The normalized spacial score (nSPS) is 16.2. The van der Waals surface area contributed by atoms with Crippen LogP contribution in [0.3, 0.4) is 0 Å². The van der Waals surface area contributed by atoms with Crippen LogP contribution in [0.25, 0.3) is 6.08 Å². The first-order valence-corrected chi connectivity index (χ1v) is 9.08. The fourth-order valence-electron chi connectivity index (χ4n) is 2.99. The molecule has 1 aliphatic heterocycles. The van der Waals surface area contributed by atoms with Gasteiger partial charge < -0.3 is 14.7 Å². The number of rotatable bonds is 7. The second-order valence-corrected chi connectivity index (χ2v) is 6.58. The van der Waals surface area contributed by atoms with Gasteiger partial charge in [-0.05, 0) is 12.5 Å². The van der Waals surface area contributed by atoms with Crippen LogP contribution in [0.2, 0.25) is 0 Å². The maximum atomic E-state index is 12.0. The number of piperazine rings is 1. The largest absolute Gasteiger partial charge is 0.360 e. The molecule has 6 nitrogen and oxygen atoms in total. The Morgan fingerprint density at radius 3 is 2.62 bits per heavy atom. The van der Waals surface area contributed by atoms with Crippen molar-refractivity contribution in [2.24, 2.45) is 0 Å². The second kappa shape index (κ2) is 9.31. The molecule has 1 fully saturated rings. The van der Waals surface area contributed by atoms with Crippen molar-refractivity contribution in [3.05, 3.63) is 53.8 Å². The number of hydrogen-bond acceptors (Lipinski definition) is 5. The predicted octanol–water partition coefficient (Wildman–Crippen LogP) is 2.64. The highest BCUT2D eigenvalue weighted by Crippen LogP contribution is 2.08. The summed E-state index contributed by atoms with van der Waals surface area (Å²) in [5, 5.41) is 6.54. The molecule has 2 heterocycles. The first-order chi connectivity index (χ1) is 12.7. The number of hydrogen-bond donors (Lipinski definition) is 1. The zero-order valence-corrected chi connectivity index (χ0v) is 15.2. The Kier molecular flexibility index (Phi) is 6.57. The highest BCUT2D eigenvalue weighted by atomic mass is 16.5. The zero-order chi connectivity index (χ0) is 18.2. The number of nitrogens with zero attached hydrogens (tertiary/aromatic N) is 3. The molecule has 1 aromatic heterocycles. The summed E-state index contributed by atoms with van der Waals surface area (Å²) in [7, 11) is 0. The van der Waals surface area contributed by atoms with E-state index in [2.05, 4.69) is 56.7 Å². The summed E-state index contributed by atoms with van der Waals surface area (Å²) in [6.07, 6.45) is 4.86. The minimum absolute atomic E-state index is 0.0217. The van der Waals surface area contributed by atoms with Crippen molar-refractivity contribution in [3.63, 3.8) is 0 Å². The van der Waals surface area contributed by atoms with E-state index in [1.54, 1.807) is 13.0 Å². The number of aryl methyl sites for hydroxylation is 1. The van der Waals surface area contributed by atoms with Crippen LogP contribution in [0, 0.1) is 6.92 Å². The molecule has 1 N–H and O–H groups in total. The van der Waals surface area contributed by atoms with Gasteiger partial charge in [-0.2, -0.15) is 0 Å². The number of anilines is 1. The topological polar surface area (TPSA) is 61.6 Å². The van der Waals surface area contributed by atoms with Crippen molar-refractivity contribution in [3.8, 4) is 0 Å². The zero-order valence-electron chi connectivity index (χ0n) is 15.2. The third-order valence-electron chi connectivity index (χ3n) is 4.49. The van der Waals surface area contributed by atoms with Crippen LogP contribution < -0.4 is 5.32 Å². The molecule has 0 radical (unpaired) electrons. The van der Waals surface area contributed by atoms with Gasteiger partial charge in [-0.25, -0.2) is 0 Å². The number of carbonyl (C=O) groups excluding carboxylic acids is 1. The van der Waals surface area contributed by atoms with E-state index in [9.17, 15) is 4.79 Å².